The Bertz CT molecular complexity index is 895. The Hall–Kier alpha value is -2.52. The summed E-state index contributed by atoms with van der Waals surface area (Å²) in [5.74, 6) is 2.88. The lowest BCUT2D eigenvalue weighted by Crippen LogP contribution is -2.19. The molecule has 0 saturated carbocycles. The van der Waals surface area contributed by atoms with Crippen molar-refractivity contribution in [3.8, 4) is 23.5 Å². The van der Waals surface area contributed by atoms with Crippen LogP contribution in [0.3, 0.4) is 0 Å². The summed E-state index contributed by atoms with van der Waals surface area (Å²) in [4.78, 5) is 0. The van der Waals surface area contributed by atoms with Gasteiger partial charge in [0.1, 0.15) is 0 Å². The van der Waals surface area contributed by atoms with Gasteiger partial charge in [-0.15, -0.1) is 12.3 Å². The fourth-order valence-electron chi connectivity index (χ4n) is 3.66. The second-order valence-electron chi connectivity index (χ2n) is 6.00. The van der Waals surface area contributed by atoms with Crippen LogP contribution in [0.25, 0.3) is 21.9 Å². The molecule has 0 saturated heterocycles. The number of fused-ring (bicyclic) bond motifs is 4. The van der Waals surface area contributed by atoms with Gasteiger partial charge >= 0.3 is 0 Å². The molecule has 0 aromatic heterocycles. The molecule has 0 aliphatic heterocycles. The van der Waals surface area contributed by atoms with Gasteiger partial charge in [-0.1, -0.05) is 55.5 Å². The van der Waals surface area contributed by atoms with Crippen molar-refractivity contribution in [2.45, 2.75) is 18.8 Å². The summed E-state index contributed by atoms with van der Waals surface area (Å²) in [7, 11) is 0. The van der Waals surface area contributed by atoms with Crippen LogP contribution < -0.4 is 0 Å². The normalized spacial score (nSPS) is 19.0. The van der Waals surface area contributed by atoms with Crippen LogP contribution in [0.4, 0.5) is 0 Å². The quantitative estimate of drug-likeness (QED) is 0.535. The van der Waals surface area contributed by atoms with E-state index in [0.717, 1.165) is 6.42 Å². The molecule has 4 rings (SSSR count). The van der Waals surface area contributed by atoms with Crippen LogP contribution in [-0.4, -0.2) is 0 Å². The number of benzene rings is 3. The number of hydrogen-bond donors (Lipinski definition) is 0. The van der Waals surface area contributed by atoms with Crippen LogP contribution in [-0.2, 0) is 5.41 Å². The smallest absolute Gasteiger partial charge is 0.0296 e. The van der Waals surface area contributed by atoms with Crippen LogP contribution in [0.2, 0.25) is 0 Å². The third-order valence-electron chi connectivity index (χ3n) is 4.75. The third kappa shape index (κ3) is 1.58. The molecule has 0 heterocycles. The highest BCUT2D eigenvalue weighted by Crippen LogP contribution is 2.51. The fraction of sp³-hybridized carbons (Fsp3) is 0.143. The van der Waals surface area contributed by atoms with Gasteiger partial charge in [-0.2, -0.15) is 0 Å². The largest absolute Gasteiger partial charge is 0.120 e. The lowest BCUT2D eigenvalue weighted by Gasteiger charge is -2.25. The first-order valence-corrected chi connectivity index (χ1v) is 7.31. The zero-order valence-corrected chi connectivity index (χ0v) is 12.1. The molecule has 0 bridgehead atoms. The van der Waals surface area contributed by atoms with E-state index in [9.17, 15) is 0 Å². The molecule has 0 fully saturated rings. The van der Waals surface area contributed by atoms with Crippen molar-refractivity contribution in [3.05, 3.63) is 71.8 Å². The van der Waals surface area contributed by atoms with E-state index in [4.69, 9.17) is 6.42 Å². The minimum absolute atomic E-state index is 0.0787. The Morgan fingerprint density at radius 1 is 0.857 bits per heavy atom. The molecule has 1 aliphatic rings. The summed E-state index contributed by atoms with van der Waals surface area (Å²) >= 11 is 0. The first kappa shape index (κ1) is 12.2. The maximum Gasteiger partial charge on any atom is 0.0296 e. The van der Waals surface area contributed by atoms with Gasteiger partial charge in [-0.3, -0.25) is 0 Å². The molecule has 0 spiro atoms. The van der Waals surface area contributed by atoms with E-state index in [0.29, 0.717) is 0 Å². The summed E-state index contributed by atoms with van der Waals surface area (Å²) in [5, 5.41) is 2.57. The maximum atomic E-state index is 5.67. The van der Waals surface area contributed by atoms with E-state index in [-0.39, 0.29) is 5.41 Å². The van der Waals surface area contributed by atoms with Crippen LogP contribution in [0, 0.1) is 12.3 Å². The molecule has 0 heteroatoms. The van der Waals surface area contributed by atoms with E-state index >= 15 is 0 Å². The Kier molecular flexibility index (Phi) is 2.47. The van der Waals surface area contributed by atoms with Gasteiger partial charge in [0.05, 0.1) is 0 Å². The van der Waals surface area contributed by atoms with Crippen molar-refractivity contribution in [1.82, 2.24) is 0 Å². The first-order valence-electron chi connectivity index (χ1n) is 7.31. The highest BCUT2D eigenvalue weighted by Gasteiger charge is 2.38. The maximum absolute atomic E-state index is 5.67. The van der Waals surface area contributed by atoms with Crippen LogP contribution in [0.1, 0.15) is 24.5 Å². The molecule has 1 unspecified atom stereocenters. The third-order valence-corrected chi connectivity index (χ3v) is 4.75. The molecular formula is C21H16. The molecule has 0 amide bonds. The van der Waals surface area contributed by atoms with E-state index in [1.165, 1.54) is 33.0 Å². The minimum atomic E-state index is -0.0787. The molecule has 1 aliphatic carbocycles. The topological polar surface area (TPSA) is 0 Å². The zero-order chi connectivity index (χ0) is 14.4. The molecule has 3 aromatic rings. The van der Waals surface area contributed by atoms with Gasteiger partial charge in [0.2, 0.25) is 0 Å². The number of rotatable bonds is 1. The molecule has 100 valence electrons. The standard InChI is InChI=1S/C21H16/c1-3-12-21(2)19-11-7-6-10-17(19)18-13-15-8-4-5-9-16(15)14-20(18)21/h1,4-11,13-14H,12H2,2H3. The van der Waals surface area contributed by atoms with Crippen molar-refractivity contribution in [1.29, 1.82) is 0 Å². The number of terminal acetylenes is 1. The van der Waals surface area contributed by atoms with Gasteiger partial charge in [0.15, 0.2) is 0 Å². The Morgan fingerprint density at radius 3 is 2.29 bits per heavy atom. The number of hydrogen-bond acceptors (Lipinski definition) is 0. The molecule has 0 radical (unpaired) electrons. The average Bonchev–Trinajstić information content (AvgIpc) is 2.76. The second kappa shape index (κ2) is 4.24. The van der Waals surface area contributed by atoms with Gasteiger partial charge < -0.3 is 0 Å². The molecule has 3 aromatic carbocycles. The molecule has 1 atom stereocenters. The van der Waals surface area contributed by atoms with E-state index < -0.39 is 0 Å². The van der Waals surface area contributed by atoms with Gasteiger partial charge in [0.25, 0.3) is 0 Å². The zero-order valence-electron chi connectivity index (χ0n) is 12.1. The van der Waals surface area contributed by atoms with Crippen LogP contribution in [0.15, 0.2) is 60.7 Å². The lowest BCUT2D eigenvalue weighted by atomic mass is 9.77. The summed E-state index contributed by atoms with van der Waals surface area (Å²) in [5.41, 5.74) is 5.30. The summed E-state index contributed by atoms with van der Waals surface area (Å²) < 4.78 is 0. The summed E-state index contributed by atoms with van der Waals surface area (Å²) in [6.07, 6.45) is 6.40. The summed E-state index contributed by atoms with van der Waals surface area (Å²) in [6, 6.07) is 21.8. The van der Waals surface area contributed by atoms with Gasteiger partial charge in [0, 0.05) is 11.8 Å². The SMILES string of the molecule is C#CCC1(C)c2ccccc2-c2cc3ccccc3cc21. The highest BCUT2D eigenvalue weighted by molar-refractivity contribution is 5.93. The van der Waals surface area contributed by atoms with Gasteiger partial charge in [-0.05, 0) is 45.2 Å². The van der Waals surface area contributed by atoms with E-state index in [2.05, 4.69) is 73.5 Å². The van der Waals surface area contributed by atoms with Crippen LogP contribution >= 0.6 is 0 Å². The fourth-order valence-corrected chi connectivity index (χ4v) is 3.66. The molecule has 0 nitrogen and oxygen atoms in total. The molecular weight excluding hydrogens is 252 g/mol. The van der Waals surface area contributed by atoms with Crippen LogP contribution in [0.5, 0.6) is 0 Å². The predicted molar refractivity (Wildman–Crippen MR) is 89.3 cm³/mol. The molecule has 0 N–H and O–H groups in total. The monoisotopic (exact) mass is 268 g/mol. The second-order valence-corrected chi connectivity index (χ2v) is 6.00. The van der Waals surface area contributed by atoms with Gasteiger partial charge in [-0.25, -0.2) is 0 Å². The van der Waals surface area contributed by atoms with Crippen molar-refractivity contribution in [2.75, 3.05) is 0 Å². The Labute approximate surface area is 125 Å². The lowest BCUT2D eigenvalue weighted by molar-refractivity contribution is 0.608. The Morgan fingerprint density at radius 2 is 1.52 bits per heavy atom. The minimum Gasteiger partial charge on any atom is -0.120 e. The average molecular weight is 268 g/mol. The predicted octanol–water partition coefficient (Wildman–Crippen LogP) is 5.15. The van der Waals surface area contributed by atoms with Crippen molar-refractivity contribution < 1.29 is 0 Å². The summed E-state index contributed by atoms with van der Waals surface area (Å²) in [6.45, 7) is 2.27. The van der Waals surface area contributed by atoms with Crippen molar-refractivity contribution in [2.24, 2.45) is 0 Å². The Balaban J connectivity index is 2.12. The highest BCUT2D eigenvalue weighted by atomic mass is 14.4. The van der Waals surface area contributed by atoms with Crippen molar-refractivity contribution >= 4 is 10.8 Å². The van der Waals surface area contributed by atoms with Crippen molar-refractivity contribution in [3.63, 3.8) is 0 Å². The van der Waals surface area contributed by atoms with E-state index in [1.54, 1.807) is 0 Å². The first-order chi connectivity index (χ1) is 10.2. The van der Waals surface area contributed by atoms with E-state index in [1.807, 2.05) is 0 Å². The molecule has 21 heavy (non-hydrogen) atoms.